The average molecular weight is 333 g/mol. The molecule has 0 bridgehead atoms. The largest absolute Gasteiger partial charge is 0.281 e. The average Bonchev–Trinajstić information content (AvgIpc) is 2.85. The predicted molar refractivity (Wildman–Crippen MR) is 97.2 cm³/mol. The monoisotopic (exact) mass is 332 g/mol. The van der Waals surface area contributed by atoms with E-state index in [-0.39, 0.29) is 5.91 Å². The van der Waals surface area contributed by atoms with E-state index >= 15 is 0 Å². The highest BCUT2D eigenvalue weighted by Crippen LogP contribution is 2.37. The minimum absolute atomic E-state index is 0.0411. The van der Waals surface area contributed by atoms with Crippen LogP contribution in [0.2, 0.25) is 0 Å². The van der Waals surface area contributed by atoms with E-state index < -0.39 is 0 Å². The second kappa shape index (κ2) is 6.39. The maximum atomic E-state index is 12.4. The number of hydrogen-bond donors (Lipinski definition) is 1. The highest BCUT2D eigenvalue weighted by atomic mass is 32.1. The Bertz CT molecular complexity index is 629. The van der Waals surface area contributed by atoms with Gasteiger partial charge in [-0.3, -0.25) is 4.79 Å². The van der Waals surface area contributed by atoms with Gasteiger partial charge in [0.15, 0.2) is 0 Å². The van der Waals surface area contributed by atoms with Crippen molar-refractivity contribution >= 4 is 23.0 Å². The molecule has 0 spiro atoms. The van der Waals surface area contributed by atoms with E-state index in [9.17, 15) is 4.79 Å². The quantitative estimate of drug-likeness (QED) is 0.776. The molecule has 3 nitrogen and oxygen atoms in total. The molecule has 2 aliphatic rings. The second-order valence-electron chi connectivity index (χ2n) is 8.38. The van der Waals surface area contributed by atoms with Gasteiger partial charge in [-0.25, -0.2) is 5.43 Å². The van der Waals surface area contributed by atoms with Gasteiger partial charge in [0.2, 0.25) is 0 Å². The van der Waals surface area contributed by atoms with Gasteiger partial charge in [0.05, 0.1) is 4.88 Å². The topological polar surface area (TPSA) is 41.5 Å². The Balaban J connectivity index is 1.67. The van der Waals surface area contributed by atoms with Crippen molar-refractivity contribution in [1.29, 1.82) is 0 Å². The molecule has 1 N–H and O–H groups in total. The molecular formula is C19H28N2OS. The van der Waals surface area contributed by atoms with Crippen LogP contribution in [0.15, 0.2) is 11.2 Å². The lowest BCUT2D eigenvalue weighted by atomic mass is 9.72. The summed E-state index contributed by atoms with van der Waals surface area (Å²) in [5.41, 5.74) is 5.61. The summed E-state index contributed by atoms with van der Waals surface area (Å²) in [7, 11) is 0. The zero-order valence-corrected chi connectivity index (χ0v) is 15.6. The van der Waals surface area contributed by atoms with Crippen LogP contribution < -0.4 is 5.43 Å². The van der Waals surface area contributed by atoms with Crippen molar-refractivity contribution in [3.8, 4) is 0 Å². The van der Waals surface area contributed by atoms with E-state index in [4.69, 9.17) is 0 Å². The maximum absolute atomic E-state index is 12.4. The molecule has 2 atom stereocenters. The Morgan fingerprint density at radius 2 is 2.09 bits per heavy atom. The minimum atomic E-state index is -0.0411. The number of rotatable bonds is 2. The fourth-order valence-electron chi connectivity index (χ4n) is 4.20. The van der Waals surface area contributed by atoms with Gasteiger partial charge >= 0.3 is 0 Å². The molecule has 4 heteroatoms. The smallest absolute Gasteiger partial charge is 0.266 e. The number of fused-ring (bicyclic) bond motifs is 1. The lowest BCUT2D eigenvalue weighted by Crippen LogP contribution is -2.30. The minimum Gasteiger partial charge on any atom is -0.266 e. The number of nitrogens with one attached hydrogen (secondary N) is 1. The fourth-order valence-corrected chi connectivity index (χ4v) is 5.30. The van der Waals surface area contributed by atoms with Crippen LogP contribution in [0.3, 0.4) is 0 Å². The summed E-state index contributed by atoms with van der Waals surface area (Å²) < 4.78 is 0. The van der Waals surface area contributed by atoms with E-state index in [2.05, 4.69) is 44.3 Å². The normalized spacial score (nSPS) is 28.4. The van der Waals surface area contributed by atoms with Crippen LogP contribution in [0.25, 0.3) is 0 Å². The molecule has 1 saturated carbocycles. The number of hydrazone groups is 1. The number of carbonyl (C=O) groups is 1. The highest BCUT2D eigenvalue weighted by molar-refractivity contribution is 7.14. The summed E-state index contributed by atoms with van der Waals surface area (Å²) in [6, 6.07) is 2.08. The van der Waals surface area contributed by atoms with Gasteiger partial charge in [-0.2, -0.15) is 5.10 Å². The number of thiophene rings is 1. The molecule has 23 heavy (non-hydrogen) atoms. The van der Waals surface area contributed by atoms with E-state index in [1.165, 1.54) is 23.3 Å². The number of amides is 1. The van der Waals surface area contributed by atoms with Crippen molar-refractivity contribution in [3.05, 3.63) is 21.4 Å². The third kappa shape index (κ3) is 4.03. The molecule has 2 aliphatic carbocycles. The summed E-state index contributed by atoms with van der Waals surface area (Å²) in [6.45, 7) is 9.13. The van der Waals surface area contributed by atoms with Crippen molar-refractivity contribution in [2.24, 2.45) is 22.4 Å². The Morgan fingerprint density at radius 1 is 1.30 bits per heavy atom. The molecule has 1 amide bonds. The number of hydrogen-bond acceptors (Lipinski definition) is 3. The molecular weight excluding hydrogens is 304 g/mol. The van der Waals surface area contributed by atoms with Crippen molar-refractivity contribution < 1.29 is 4.79 Å². The van der Waals surface area contributed by atoms with E-state index in [0.717, 1.165) is 42.2 Å². The molecule has 1 fully saturated rings. The van der Waals surface area contributed by atoms with E-state index in [1.807, 2.05) is 0 Å². The van der Waals surface area contributed by atoms with Crippen LogP contribution in [0, 0.1) is 17.3 Å². The third-order valence-corrected chi connectivity index (χ3v) is 6.27. The van der Waals surface area contributed by atoms with Gasteiger partial charge in [-0.05, 0) is 67.4 Å². The van der Waals surface area contributed by atoms with Gasteiger partial charge in [0.25, 0.3) is 5.91 Å². The number of nitrogens with zero attached hydrogens (tertiary/aromatic N) is 1. The lowest BCUT2D eigenvalue weighted by Gasteiger charge is -2.34. The predicted octanol–water partition coefficient (Wildman–Crippen LogP) is 4.80. The van der Waals surface area contributed by atoms with Gasteiger partial charge < -0.3 is 0 Å². The van der Waals surface area contributed by atoms with Gasteiger partial charge in [-0.15, -0.1) is 11.3 Å². The molecule has 1 aromatic rings. The summed E-state index contributed by atoms with van der Waals surface area (Å²) >= 11 is 1.65. The van der Waals surface area contributed by atoms with Crippen LogP contribution >= 0.6 is 11.3 Å². The maximum Gasteiger partial charge on any atom is 0.281 e. The van der Waals surface area contributed by atoms with Crippen LogP contribution in [-0.2, 0) is 12.8 Å². The van der Waals surface area contributed by atoms with Crippen molar-refractivity contribution in [2.75, 3.05) is 0 Å². The van der Waals surface area contributed by atoms with Crippen molar-refractivity contribution in [2.45, 2.75) is 66.2 Å². The molecule has 0 radical (unpaired) electrons. The fraction of sp³-hybridized carbons (Fsp3) is 0.684. The summed E-state index contributed by atoms with van der Waals surface area (Å²) in [5, 5.41) is 4.45. The molecule has 0 aromatic carbocycles. The Labute approximate surface area is 143 Å². The molecule has 2 unspecified atom stereocenters. The first-order valence-electron chi connectivity index (χ1n) is 8.80. The summed E-state index contributed by atoms with van der Waals surface area (Å²) in [6.07, 6.45) is 6.69. The summed E-state index contributed by atoms with van der Waals surface area (Å²) in [4.78, 5) is 14.6. The van der Waals surface area contributed by atoms with E-state index in [1.54, 1.807) is 11.3 Å². The SMILES string of the molecule is CC1CCc2sc(C(=O)N/N=C3\CC(C)CC(C)(C)C3)cc2C1. The Kier molecular flexibility index (Phi) is 4.63. The van der Waals surface area contributed by atoms with E-state index in [0.29, 0.717) is 11.3 Å². The number of aryl methyl sites for hydroxylation is 1. The Morgan fingerprint density at radius 3 is 2.83 bits per heavy atom. The molecule has 1 aromatic heterocycles. The first kappa shape index (κ1) is 16.7. The molecule has 0 aliphatic heterocycles. The van der Waals surface area contributed by atoms with Crippen LogP contribution in [0.1, 0.15) is 73.5 Å². The van der Waals surface area contributed by atoms with Gasteiger partial charge in [-0.1, -0.05) is 27.7 Å². The van der Waals surface area contributed by atoms with Crippen molar-refractivity contribution in [1.82, 2.24) is 5.43 Å². The van der Waals surface area contributed by atoms with Crippen LogP contribution in [0.5, 0.6) is 0 Å². The summed E-state index contributed by atoms with van der Waals surface area (Å²) in [5.74, 6) is 1.34. The van der Waals surface area contributed by atoms with Gasteiger partial charge in [0, 0.05) is 10.6 Å². The molecule has 0 saturated heterocycles. The zero-order chi connectivity index (χ0) is 16.6. The Hall–Kier alpha value is -1.16. The highest BCUT2D eigenvalue weighted by Gasteiger charge is 2.29. The zero-order valence-electron chi connectivity index (χ0n) is 14.7. The van der Waals surface area contributed by atoms with Gasteiger partial charge in [0.1, 0.15) is 0 Å². The molecule has 1 heterocycles. The van der Waals surface area contributed by atoms with Crippen molar-refractivity contribution in [3.63, 3.8) is 0 Å². The van der Waals surface area contributed by atoms with Crippen LogP contribution in [-0.4, -0.2) is 11.6 Å². The molecule has 126 valence electrons. The molecule has 3 rings (SSSR count). The van der Waals surface area contributed by atoms with Crippen LogP contribution in [0.4, 0.5) is 0 Å². The standard InChI is InChI=1S/C19H28N2OS/c1-12-5-6-16-14(7-12)9-17(23-16)18(22)21-20-15-8-13(2)10-19(3,4)11-15/h9,12-13H,5-8,10-11H2,1-4H3,(H,21,22)/b20-15+. The first-order chi connectivity index (χ1) is 10.8. The first-order valence-corrected chi connectivity index (χ1v) is 9.61. The number of carbonyl (C=O) groups excluding carboxylic acids is 1. The third-order valence-electron chi connectivity index (χ3n) is 5.04. The second-order valence-corrected chi connectivity index (χ2v) is 9.52. The lowest BCUT2D eigenvalue weighted by molar-refractivity contribution is 0.0958.